The van der Waals surface area contributed by atoms with Crippen molar-refractivity contribution in [3.63, 3.8) is 0 Å². The summed E-state index contributed by atoms with van der Waals surface area (Å²) in [4.78, 5) is 137. The number of nitrogens with one attached hydrogen (secondary N) is 5. The summed E-state index contributed by atoms with van der Waals surface area (Å²) >= 11 is 0. The van der Waals surface area contributed by atoms with E-state index in [1.165, 1.54) is 16.7 Å². The largest absolute Gasteiger partial charge is 0.481 e. The Bertz CT molecular complexity index is 2800. The summed E-state index contributed by atoms with van der Waals surface area (Å²) in [6.45, 7) is 3.36. The summed E-state index contributed by atoms with van der Waals surface area (Å²) in [5, 5.41) is 23.0. The lowest BCUT2D eigenvalue weighted by Gasteiger charge is -2.42. The van der Waals surface area contributed by atoms with Crippen molar-refractivity contribution in [1.29, 1.82) is 0 Å². The number of para-hydroxylation sites is 1. The van der Waals surface area contributed by atoms with Gasteiger partial charge in [-0.2, -0.15) is 0 Å². The second kappa shape index (κ2) is 25.5. The molecule has 9 atom stereocenters. The van der Waals surface area contributed by atoms with Crippen LogP contribution in [-0.2, 0) is 56.0 Å². The van der Waals surface area contributed by atoms with Crippen LogP contribution in [0, 0.1) is 5.92 Å². The van der Waals surface area contributed by atoms with Gasteiger partial charge in [-0.1, -0.05) is 105 Å². The smallest absolute Gasteiger partial charge is 0.305 e. The summed E-state index contributed by atoms with van der Waals surface area (Å²) in [5.74, 6) is -7.24. The number of amides is 8. The van der Waals surface area contributed by atoms with Crippen molar-refractivity contribution in [2.75, 3.05) is 13.1 Å². The molecule has 3 aromatic carbocycles. The van der Waals surface area contributed by atoms with E-state index in [2.05, 4.69) is 26.3 Å². The van der Waals surface area contributed by atoms with Crippen LogP contribution in [0.4, 0.5) is 0 Å². The van der Waals surface area contributed by atoms with Gasteiger partial charge in [-0.3, -0.25) is 43.2 Å². The minimum Gasteiger partial charge on any atom is -0.481 e. The van der Waals surface area contributed by atoms with Gasteiger partial charge in [0.2, 0.25) is 47.3 Å². The molecule has 1 aromatic heterocycles. The molecular weight excluding hydrogens is 983 g/mol. The van der Waals surface area contributed by atoms with Crippen molar-refractivity contribution in [3.05, 3.63) is 96.2 Å². The molecule has 0 spiro atoms. The molecule has 2 unspecified atom stereocenters. The van der Waals surface area contributed by atoms with E-state index in [0.717, 1.165) is 38.9 Å². The molecule has 0 radical (unpaired) electrons. The molecule has 4 fully saturated rings. The molecule has 3 saturated heterocycles. The predicted octanol–water partition coefficient (Wildman–Crippen LogP) is 4.26. The Balaban J connectivity index is 1.21. The van der Waals surface area contributed by atoms with Crippen molar-refractivity contribution < 1.29 is 48.3 Å². The zero-order chi connectivity index (χ0) is 54.8. The Morgan fingerprint density at radius 2 is 1.44 bits per heavy atom. The molecule has 1 aliphatic carbocycles. The standard InChI is InChI=1S/C58H73N9O10/c1-3-4-19-43(62-35(2)68)57(76)67-47(52(59)71)22-12-13-28-60-53(72)44(31-40-34-61-42-20-10-9-18-41(40)42)63-54(73)48-23-14-29-65(48)56(75)45(30-36-24-26-38(27-25-36)37-15-6-5-7-16-37)64-55(74)49-32-39-17-8-11-21-46(39)66(49)58(77)50(67)33-51(69)70/h5-7,9-10,15-16,18,20,24-27,34,39,43-50,61H,3-4,8,11-14,17,19,21-23,28-33H2,1-2H3,(H2,59,71)(H,60,72)(H,62,68)(H,63,73)(H,64,74)(H,69,70)/t39?,43-,44-,45+,46?,47-,48-,49-,50-/m0/s1. The van der Waals surface area contributed by atoms with E-state index < -0.39 is 108 Å². The SMILES string of the molecule is CCCC[C@H](NC(C)=O)C(=O)N1[C@H](C(N)=O)CCCCNC(=O)[C@H](Cc2c[nH]c3ccccc23)NC(=O)[C@@H]2CCCN2C(=O)[C@@H](Cc2ccc(-c3ccccc3)cc2)NC(=O)[C@@H]2CC3CCCCC3N2C(=O)[C@@H]1CC(=O)O. The molecule has 77 heavy (non-hydrogen) atoms. The van der Waals surface area contributed by atoms with Crippen LogP contribution in [0.3, 0.4) is 0 Å². The number of fused-ring (bicyclic) bond motifs is 5. The van der Waals surface area contributed by atoms with E-state index >= 15 is 19.2 Å². The maximum Gasteiger partial charge on any atom is 0.305 e. The minimum absolute atomic E-state index is 0.00386. The van der Waals surface area contributed by atoms with Gasteiger partial charge in [-0.05, 0) is 92.0 Å². The van der Waals surface area contributed by atoms with Gasteiger partial charge >= 0.3 is 5.97 Å². The normalized spacial score (nSPS) is 25.3. The van der Waals surface area contributed by atoms with Gasteiger partial charge in [0.1, 0.15) is 42.3 Å². The van der Waals surface area contributed by atoms with E-state index in [-0.39, 0.29) is 64.0 Å². The average molecular weight is 1060 g/mol. The third-order valence-electron chi connectivity index (χ3n) is 16.0. The quantitative estimate of drug-likeness (QED) is 0.1000. The fraction of sp³-hybridized carbons (Fsp3) is 0.500. The third-order valence-corrected chi connectivity index (χ3v) is 16.0. The van der Waals surface area contributed by atoms with Gasteiger partial charge < -0.3 is 51.8 Å². The number of carbonyl (C=O) groups is 9. The summed E-state index contributed by atoms with van der Waals surface area (Å²) in [6.07, 6.45) is 5.93. The second-order valence-corrected chi connectivity index (χ2v) is 21.2. The van der Waals surface area contributed by atoms with Gasteiger partial charge in [0.25, 0.3) is 0 Å². The lowest BCUT2D eigenvalue weighted by molar-refractivity contribution is -0.159. The second-order valence-electron chi connectivity index (χ2n) is 21.2. The van der Waals surface area contributed by atoms with Crippen molar-refractivity contribution >= 4 is 64.1 Å². The van der Waals surface area contributed by atoms with Crippen LogP contribution in [0.2, 0.25) is 0 Å². The van der Waals surface area contributed by atoms with Gasteiger partial charge in [0.05, 0.1) is 6.42 Å². The Labute approximate surface area is 448 Å². The van der Waals surface area contributed by atoms with Gasteiger partial charge in [0.15, 0.2) is 0 Å². The average Bonchev–Trinajstić information content (AvgIpc) is 4.19. The van der Waals surface area contributed by atoms with Gasteiger partial charge in [-0.25, -0.2) is 0 Å². The molecule has 8 amide bonds. The number of benzene rings is 3. The number of carbonyl (C=O) groups excluding carboxylic acids is 8. The fourth-order valence-corrected chi connectivity index (χ4v) is 12.2. The van der Waals surface area contributed by atoms with Crippen LogP contribution in [0.15, 0.2) is 85.1 Å². The number of H-pyrrole nitrogens is 1. The predicted molar refractivity (Wildman–Crippen MR) is 287 cm³/mol. The number of aliphatic carboxylic acids is 1. The van der Waals surface area contributed by atoms with Crippen LogP contribution in [0.5, 0.6) is 0 Å². The minimum atomic E-state index is -1.85. The van der Waals surface area contributed by atoms with Crippen LogP contribution >= 0.6 is 0 Å². The molecule has 4 aromatic rings. The maximum atomic E-state index is 15.7. The lowest BCUT2D eigenvalue weighted by atomic mass is 9.84. The molecule has 19 nitrogen and oxygen atoms in total. The summed E-state index contributed by atoms with van der Waals surface area (Å²) in [6, 6.07) is 15.1. The summed E-state index contributed by atoms with van der Waals surface area (Å²) in [7, 11) is 0. The van der Waals surface area contributed by atoms with Crippen LogP contribution in [-0.4, -0.2) is 139 Å². The number of hydrogen-bond acceptors (Lipinski definition) is 9. The zero-order valence-corrected chi connectivity index (χ0v) is 44.0. The maximum absolute atomic E-state index is 15.7. The van der Waals surface area contributed by atoms with Crippen LogP contribution < -0.4 is 27.0 Å². The number of aromatic nitrogens is 1. The Morgan fingerprint density at radius 3 is 2.17 bits per heavy atom. The molecule has 8 N–H and O–H groups in total. The van der Waals surface area contributed by atoms with Crippen LogP contribution in [0.25, 0.3) is 22.0 Å². The van der Waals surface area contributed by atoms with Crippen molar-refractivity contribution in [2.24, 2.45) is 11.7 Å². The monoisotopic (exact) mass is 1060 g/mol. The third kappa shape index (κ3) is 13.2. The summed E-state index contributed by atoms with van der Waals surface area (Å²) in [5.41, 5.74) is 10.4. The first-order valence-electron chi connectivity index (χ1n) is 27.4. The highest BCUT2D eigenvalue weighted by atomic mass is 16.4. The summed E-state index contributed by atoms with van der Waals surface area (Å²) < 4.78 is 0. The zero-order valence-electron chi connectivity index (χ0n) is 44.0. The molecule has 0 bridgehead atoms. The number of rotatable bonds is 13. The van der Waals surface area contributed by atoms with Crippen molar-refractivity contribution in [1.82, 2.24) is 41.0 Å². The molecular formula is C58H73N9O10. The molecule has 4 aliphatic rings. The Kier molecular flexibility index (Phi) is 18.4. The molecule has 3 aliphatic heterocycles. The Hall–Kier alpha value is -7.57. The highest BCUT2D eigenvalue weighted by Gasteiger charge is 2.52. The van der Waals surface area contributed by atoms with E-state index in [1.807, 2.05) is 85.8 Å². The number of unbranched alkanes of at least 4 members (excludes halogenated alkanes) is 1. The van der Waals surface area contributed by atoms with E-state index in [4.69, 9.17) is 5.73 Å². The molecule has 19 heteroatoms. The first-order chi connectivity index (χ1) is 37.1. The van der Waals surface area contributed by atoms with E-state index in [1.54, 1.807) is 6.20 Å². The number of primary amides is 1. The van der Waals surface area contributed by atoms with E-state index in [0.29, 0.717) is 50.5 Å². The lowest BCUT2D eigenvalue weighted by Crippen LogP contribution is -2.64. The number of carboxylic acid groups (broad SMARTS) is 1. The number of nitrogens with zero attached hydrogens (tertiary/aromatic N) is 3. The van der Waals surface area contributed by atoms with Crippen molar-refractivity contribution in [3.8, 4) is 11.1 Å². The Morgan fingerprint density at radius 1 is 0.753 bits per heavy atom. The molecule has 410 valence electrons. The fourth-order valence-electron chi connectivity index (χ4n) is 12.2. The molecule has 4 heterocycles. The molecule has 1 saturated carbocycles. The number of nitrogens with two attached hydrogens (primary N) is 1. The first-order valence-corrected chi connectivity index (χ1v) is 27.4. The van der Waals surface area contributed by atoms with Crippen LogP contribution in [0.1, 0.15) is 115 Å². The number of aromatic amines is 1. The van der Waals surface area contributed by atoms with Gasteiger partial charge in [0, 0.05) is 56.0 Å². The number of carboxylic acids is 1. The highest BCUT2D eigenvalue weighted by Crippen LogP contribution is 2.41. The molecule has 8 rings (SSSR count). The van der Waals surface area contributed by atoms with Crippen molar-refractivity contribution in [2.45, 2.75) is 165 Å². The highest BCUT2D eigenvalue weighted by molar-refractivity contribution is 6.00. The topological polar surface area (TPSA) is 274 Å². The van der Waals surface area contributed by atoms with Gasteiger partial charge in [-0.15, -0.1) is 0 Å². The number of hydrogen-bond donors (Lipinski definition) is 7. The van der Waals surface area contributed by atoms with E-state index in [9.17, 15) is 29.1 Å². The first kappa shape index (κ1) is 55.7.